The van der Waals surface area contributed by atoms with Gasteiger partial charge in [-0.25, -0.2) is 0 Å². The molecule has 1 atom stereocenters. The maximum Gasteiger partial charge on any atom is 0.273 e. The van der Waals surface area contributed by atoms with Crippen LogP contribution in [0.5, 0.6) is 0 Å². The zero-order valence-electron chi connectivity index (χ0n) is 6.45. The van der Waals surface area contributed by atoms with E-state index in [1.54, 1.807) is 18.3 Å². The summed E-state index contributed by atoms with van der Waals surface area (Å²) in [5.41, 5.74) is 0.542. The Balaban J connectivity index is 2.67. The van der Waals surface area contributed by atoms with Crippen molar-refractivity contribution in [2.75, 3.05) is 6.54 Å². The van der Waals surface area contributed by atoms with Crippen LogP contribution in [0.15, 0.2) is 18.3 Å². The van der Waals surface area contributed by atoms with Crippen molar-refractivity contribution in [2.45, 2.75) is 0 Å². The van der Waals surface area contributed by atoms with Crippen molar-refractivity contribution in [1.82, 2.24) is 9.65 Å². The number of nitrogens with zero attached hydrogens (tertiary/aromatic N) is 1. The monoisotopic (exact) mass is 180 g/mol. The van der Waals surface area contributed by atoms with E-state index in [-0.39, 0.29) is 5.91 Å². The van der Waals surface area contributed by atoms with Gasteiger partial charge in [0.15, 0.2) is 0 Å². The Morgan fingerprint density at radius 1 is 1.83 bits per heavy atom. The Labute approximate surface area is 73.4 Å². The molecule has 1 unspecified atom stereocenters. The summed E-state index contributed by atoms with van der Waals surface area (Å²) in [6.07, 6.45) is 6.75. The molecule has 0 aliphatic carbocycles. The van der Waals surface area contributed by atoms with Gasteiger partial charge < -0.3 is 9.65 Å². The molecular formula is C8H9N2OP. The zero-order valence-corrected chi connectivity index (χ0v) is 7.60. The fourth-order valence-corrected chi connectivity index (χ4v) is 1.03. The van der Waals surface area contributed by atoms with Crippen LogP contribution in [0.1, 0.15) is 10.5 Å². The van der Waals surface area contributed by atoms with Gasteiger partial charge in [0.05, 0.1) is 6.54 Å². The van der Waals surface area contributed by atoms with E-state index >= 15 is 0 Å². The van der Waals surface area contributed by atoms with Crippen molar-refractivity contribution in [2.24, 2.45) is 0 Å². The van der Waals surface area contributed by atoms with Gasteiger partial charge in [0.1, 0.15) is 5.69 Å². The van der Waals surface area contributed by atoms with Crippen LogP contribution in [-0.2, 0) is 0 Å². The number of rotatable bonds is 2. The van der Waals surface area contributed by atoms with Gasteiger partial charge >= 0.3 is 0 Å². The summed E-state index contributed by atoms with van der Waals surface area (Å²) in [5, 5.41) is 0. The minimum absolute atomic E-state index is 0.122. The smallest absolute Gasteiger partial charge is 0.273 e. The second-order valence-corrected chi connectivity index (χ2v) is 2.84. The number of hydrogen-bond acceptors (Lipinski definition) is 1. The molecule has 3 nitrogen and oxygen atoms in total. The fourth-order valence-electron chi connectivity index (χ4n) is 0.788. The molecule has 1 heterocycles. The molecule has 0 spiro atoms. The van der Waals surface area contributed by atoms with Gasteiger partial charge in [-0.3, -0.25) is 4.79 Å². The molecule has 0 aromatic carbocycles. The predicted molar refractivity (Wildman–Crippen MR) is 50.4 cm³/mol. The number of aromatic nitrogens is 1. The van der Waals surface area contributed by atoms with Crippen LogP contribution >= 0.6 is 9.39 Å². The average Bonchev–Trinajstić information content (AvgIpc) is 2.55. The van der Waals surface area contributed by atoms with Crippen LogP contribution in [0.25, 0.3) is 0 Å². The molecular weight excluding hydrogens is 171 g/mol. The topological polar surface area (TPSA) is 36.1 Å². The molecule has 0 saturated carbocycles. The van der Waals surface area contributed by atoms with Crippen molar-refractivity contribution in [3.63, 3.8) is 0 Å². The summed E-state index contributed by atoms with van der Waals surface area (Å²) in [6, 6.07) is 3.47. The molecule has 0 fully saturated rings. The number of carbonyl (C=O) groups is 1. The molecule has 0 aliphatic rings. The first-order valence-electron chi connectivity index (χ1n) is 3.39. The minimum atomic E-state index is -0.122. The van der Waals surface area contributed by atoms with Gasteiger partial charge in [-0.15, -0.1) is 6.42 Å². The second kappa shape index (κ2) is 3.94. The highest BCUT2D eigenvalue weighted by Crippen LogP contribution is 2.05. The fraction of sp³-hybridized carbons (Fsp3) is 0.125. The lowest BCUT2D eigenvalue weighted by Gasteiger charge is -2.11. The molecule has 1 rings (SSSR count). The highest BCUT2D eigenvalue weighted by atomic mass is 31.0. The first kappa shape index (κ1) is 8.83. The van der Waals surface area contributed by atoms with Crippen LogP contribution in [0.4, 0.5) is 0 Å². The van der Waals surface area contributed by atoms with Crippen molar-refractivity contribution in [1.29, 1.82) is 0 Å². The largest absolute Gasteiger partial charge is 0.357 e. The Bertz CT molecular complexity index is 299. The maximum absolute atomic E-state index is 11.4. The van der Waals surface area contributed by atoms with Crippen molar-refractivity contribution in [3.05, 3.63) is 24.0 Å². The number of carbonyl (C=O) groups excluding carboxylic acids is 1. The van der Waals surface area contributed by atoms with E-state index < -0.39 is 0 Å². The van der Waals surface area contributed by atoms with E-state index in [1.165, 1.54) is 4.67 Å². The third-order valence-corrected chi connectivity index (χ3v) is 1.77. The summed E-state index contributed by atoms with van der Waals surface area (Å²) < 4.78 is 1.39. The minimum Gasteiger partial charge on any atom is -0.357 e. The zero-order chi connectivity index (χ0) is 8.97. The van der Waals surface area contributed by atoms with Crippen LogP contribution in [0, 0.1) is 12.3 Å². The van der Waals surface area contributed by atoms with E-state index in [2.05, 4.69) is 20.3 Å². The molecule has 1 amide bonds. The Morgan fingerprint density at radius 3 is 3.08 bits per heavy atom. The maximum atomic E-state index is 11.4. The first-order chi connectivity index (χ1) is 5.75. The summed E-state index contributed by atoms with van der Waals surface area (Å²) in [6.45, 7) is 0.294. The van der Waals surface area contributed by atoms with Crippen LogP contribution < -0.4 is 0 Å². The van der Waals surface area contributed by atoms with Crippen molar-refractivity contribution < 1.29 is 4.79 Å². The first-order valence-corrected chi connectivity index (χ1v) is 3.90. The molecule has 0 bridgehead atoms. The molecule has 1 N–H and O–H groups in total. The van der Waals surface area contributed by atoms with Gasteiger partial charge in [0, 0.05) is 6.20 Å². The number of hydrogen-bond donors (Lipinski definition) is 1. The van der Waals surface area contributed by atoms with Crippen molar-refractivity contribution >= 4 is 15.3 Å². The van der Waals surface area contributed by atoms with Gasteiger partial charge in [-0.05, 0) is 21.5 Å². The number of terminal acetylenes is 1. The van der Waals surface area contributed by atoms with E-state index in [1.807, 2.05) is 0 Å². The van der Waals surface area contributed by atoms with E-state index in [9.17, 15) is 4.79 Å². The quantitative estimate of drug-likeness (QED) is 0.532. The molecule has 0 saturated heterocycles. The highest BCUT2D eigenvalue weighted by Gasteiger charge is 2.10. The Hall–Kier alpha value is -1.26. The predicted octanol–water partition coefficient (Wildman–Crippen LogP) is 0.880. The van der Waals surface area contributed by atoms with Crippen molar-refractivity contribution in [3.8, 4) is 12.3 Å². The van der Waals surface area contributed by atoms with Crippen LogP contribution in [0.2, 0.25) is 0 Å². The lowest BCUT2D eigenvalue weighted by atomic mass is 10.4. The average molecular weight is 180 g/mol. The summed E-state index contributed by atoms with van der Waals surface area (Å²) >= 11 is 0. The van der Waals surface area contributed by atoms with Crippen LogP contribution in [0.3, 0.4) is 0 Å². The highest BCUT2D eigenvalue weighted by molar-refractivity contribution is 7.14. The summed E-state index contributed by atoms with van der Waals surface area (Å²) in [4.78, 5) is 14.2. The second-order valence-electron chi connectivity index (χ2n) is 2.22. The van der Waals surface area contributed by atoms with Gasteiger partial charge in [0.2, 0.25) is 0 Å². The molecule has 4 heteroatoms. The summed E-state index contributed by atoms with van der Waals surface area (Å²) in [5.74, 6) is 2.26. The normalized spacial score (nSPS) is 9.00. The third kappa shape index (κ3) is 1.87. The lowest BCUT2D eigenvalue weighted by molar-refractivity contribution is 0.0877. The SMILES string of the molecule is C#CCN(P)C(=O)c1ccc[nH]1. The molecule has 12 heavy (non-hydrogen) atoms. The molecule has 1 aromatic heterocycles. The molecule has 62 valence electrons. The summed E-state index contributed by atoms with van der Waals surface area (Å²) in [7, 11) is 2.28. The molecule has 1 aromatic rings. The van der Waals surface area contributed by atoms with Gasteiger partial charge in [-0.1, -0.05) is 5.92 Å². The van der Waals surface area contributed by atoms with Gasteiger partial charge in [-0.2, -0.15) is 0 Å². The molecule has 0 aliphatic heterocycles. The third-order valence-electron chi connectivity index (χ3n) is 1.35. The Kier molecular flexibility index (Phi) is 2.90. The standard InChI is InChI=1S/C8H9N2OP/c1-2-6-10(12)8(11)7-4-3-5-9-7/h1,3-5,9H,6,12H2. The Morgan fingerprint density at radius 2 is 2.58 bits per heavy atom. The number of nitrogens with one attached hydrogen (secondary N) is 1. The van der Waals surface area contributed by atoms with Crippen LogP contribution in [-0.4, -0.2) is 22.1 Å². The van der Waals surface area contributed by atoms with E-state index in [0.717, 1.165) is 0 Å². The molecule has 0 radical (unpaired) electrons. The number of amides is 1. The van der Waals surface area contributed by atoms with E-state index in [0.29, 0.717) is 12.2 Å². The number of H-pyrrole nitrogens is 1. The number of aromatic amines is 1. The van der Waals surface area contributed by atoms with Gasteiger partial charge in [0.25, 0.3) is 5.91 Å². The van der Waals surface area contributed by atoms with E-state index in [4.69, 9.17) is 6.42 Å². The lowest BCUT2D eigenvalue weighted by Crippen LogP contribution is -2.21.